The van der Waals surface area contributed by atoms with Crippen molar-refractivity contribution in [3.8, 4) is 5.75 Å². The molecule has 0 unspecified atom stereocenters. The number of ether oxygens (including phenoxy) is 1. The Morgan fingerprint density at radius 2 is 1.75 bits per heavy atom. The fourth-order valence-electron chi connectivity index (χ4n) is 2.11. The van der Waals surface area contributed by atoms with Crippen molar-refractivity contribution < 1.29 is 17.9 Å². The lowest BCUT2D eigenvalue weighted by molar-refractivity contribution is 0.102. The second-order valence-electron chi connectivity index (χ2n) is 5.04. The first-order valence-electron chi connectivity index (χ1n) is 7.48. The number of carbonyl (C=O) groups is 1. The number of nitrogens with one attached hydrogen (secondary N) is 2. The highest BCUT2D eigenvalue weighted by atomic mass is 32.2. The van der Waals surface area contributed by atoms with Gasteiger partial charge in [-0.05, 0) is 43.8 Å². The third-order valence-electron chi connectivity index (χ3n) is 3.31. The number of amides is 1. The molecule has 0 bridgehead atoms. The summed E-state index contributed by atoms with van der Waals surface area (Å²) in [7, 11) is -1.94. The molecule has 0 atom stereocenters. The summed E-state index contributed by atoms with van der Waals surface area (Å²) < 4.78 is 30.8. The average molecular weight is 348 g/mol. The van der Waals surface area contributed by atoms with Crippen molar-refractivity contribution in [1.82, 2.24) is 4.72 Å². The van der Waals surface area contributed by atoms with Crippen molar-refractivity contribution in [2.24, 2.45) is 0 Å². The molecule has 0 fully saturated rings. The highest BCUT2D eigenvalue weighted by molar-refractivity contribution is 7.88. The van der Waals surface area contributed by atoms with Crippen LogP contribution >= 0.6 is 0 Å². The molecule has 0 aliphatic carbocycles. The monoisotopic (exact) mass is 348 g/mol. The summed E-state index contributed by atoms with van der Waals surface area (Å²) in [6, 6.07) is 13.7. The predicted molar refractivity (Wildman–Crippen MR) is 93.7 cm³/mol. The Morgan fingerprint density at radius 1 is 1.08 bits per heavy atom. The number of hydrogen-bond donors (Lipinski definition) is 2. The lowest BCUT2D eigenvalue weighted by Gasteiger charge is -2.11. The van der Waals surface area contributed by atoms with Gasteiger partial charge >= 0.3 is 0 Å². The molecule has 1 amide bonds. The molecule has 0 spiro atoms. The minimum absolute atomic E-state index is 0.106. The number of hydrogen-bond acceptors (Lipinski definition) is 4. The van der Waals surface area contributed by atoms with Crippen LogP contribution < -0.4 is 14.8 Å². The maximum atomic E-state index is 12.4. The van der Waals surface area contributed by atoms with Crippen LogP contribution in [0.25, 0.3) is 0 Å². The van der Waals surface area contributed by atoms with Gasteiger partial charge in [0.1, 0.15) is 5.75 Å². The van der Waals surface area contributed by atoms with Crippen LogP contribution in [-0.4, -0.2) is 28.0 Å². The van der Waals surface area contributed by atoms with Gasteiger partial charge in [-0.15, -0.1) is 0 Å². The van der Waals surface area contributed by atoms with E-state index in [0.29, 0.717) is 29.2 Å². The van der Waals surface area contributed by atoms with Gasteiger partial charge in [0.15, 0.2) is 0 Å². The van der Waals surface area contributed by atoms with Crippen LogP contribution in [0, 0.1) is 0 Å². The Morgan fingerprint density at radius 3 is 2.38 bits per heavy atom. The smallest absolute Gasteiger partial charge is 0.259 e. The van der Waals surface area contributed by atoms with Crippen molar-refractivity contribution in [3.63, 3.8) is 0 Å². The third-order valence-corrected chi connectivity index (χ3v) is 4.65. The SMILES string of the molecule is CCOc1ccccc1C(=O)Nc1ccc(CS(=O)(=O)NC)cc1. The van der Waals surface area contributed by atoms with Crippen molar-refractivity contribution in [2.75, 3.05) is 19.0 Å². The van der Waals surface area contributed by atoms with Gasteiger partial charge in [0.25, 0.3) is 5.91 Å². The van der Waals surface area contributed by atoms with E-state index in [1.54, 1.807) is 48.5 Å². The molecule has 2 rings (SSSR count). The Bertz CT molecular complexity index is 802. The van der Waals surface area contributed by atoms with E-state index in [4.69, 9.17) is 4.74 Å². The molecule has 128 valence electrons. The Labute approximate surface area is 141 Å². The highest BCUT2D eigenvalue weighted by Gasteiger charge is 2.13. The number of para-hydroxylation sites is 1. The van der Waals surface area contributed by atoms with Gasteiger partial charge in [-0.1, -0.05) is 24.3 Å². The fraction of sp³-hybridized carbons (Fsp3) is 0.235. The lowest BCUT2D eigenvalue weighted by atomic mass is 10.1. The predicted octanol–water partition coefficient (Wildman–Crippen LogP) is 2.39. The zero-order valence-electron chi connectivity index (χ0n) is 13.6. The standard InChI is InChI=1S/C17H20N2O4S/c1-3-23-16-7-5-4-6-15(16)17(20)19-14-10-8-13(9-11-14)12-24(21,22)18-2/h4-11,18H,3,12H2,1-2H3,(H,19,20). The molecule has 24 heavy (non-hydrogen) atoms. The van der Waals surface area contributed by atoms with E-state index >= 15 is 0 Å². The molecule has 0 aliphatic rings. The molecular weight excluding hydrogens is 328 g/mol. The fourth-order valence-corrected chi connectivity index (χ4v) is 2.89. The number of benzene rings is 2. The van der Waals surface area contributed by atoms with Crippen molar-refractivity contribution >= 4 is 21.6 Å². The van der Waals surface area contributed by atoms with Gasteiger partial charge in [0.2, 0.25) is 10.0 Å². The molecule has 2 aromatic carbocycles. The van der Waals surface area contributed by atoms with Crippen LogP contribution in [-0.2, 0) is 15.8 Å². The first-order valence-corrected chi connectivity index (χ1v) is 9.13. The van der Waals surface area contributed by atoms with Gasteiger partial charge < -0.3 is 10.1 Å². The first kappa shape index (κ1) is 18.0. The molecule has 0 aliphatic heterocycles. The van der Waals surface area contributed by atoms with E-state index in [9.17, 15) is 13.2 Å². The van der Waals surface area contributed by atoms with E-state index in [1.165, 1.54) is 7.05 Å². The zero-order chi connectivity index (χ0) is 17.6. The first-order chi connectivity index (χ1) is 11.4. The van der Waals surface area contributed by atoms with E-state index in [2.05, 4.69) is 10.0 Å². The molecule has 0 heterocycles. The molecule has 0 aromatic heterocycles. The van der Waals surface area contributed by atoms with Gasteiger partial charge in [-0.25, -0.2) is 13.1 Å². The van der Waals surface area contributed by atoms with Crippen LogP contribution in [0.5, 0.6) is 5.75 Å². The van der Waals surface area contributed by atoms with E-state index in [1.807, 2.05) is 6.92 Å². The second-order valence-corrected chi connectivity index (χ2v) is 6.97. The quantitative estimate of drug-likeness (QED) is 0.805. The molecule has 7 heteroatoms. The van der Waals surface area contributed by atoms with Crippen LogP contribution in [0.2, 0.25) is 0 Å². The molecule has 0 saturated heterocycles. The Kier molecular flexibility index (Phi) is 5.94. The summed E-state index contributed by atoms with van der Waals surface area (Å²) in [5.74, 6) is 0.133. The second kappa shape index (κ2) is 7.94. The summed E-state index contributed by atoms with van der Waals surface area (Å²) in [4.78, 5) is 12.4. The number of anilines is 1. The van der Waals surface area contributed by atoms with Crippen LogP contribution in [0.1, 0.15) is 22.8 Å². The minimum Gasteiger partial charge on any atom is -0.493 e. The topological polar surface area (TPSA) is 84.5 Å². The van der Waals surface area contributed by atoms with E-state index in [-0.39, 0.29) is 11.7 Å². The van der Waals surface area contributed by atoms with Crippen LogP contribution in [0.4, 0.5) is 5.69 Å². The zero-order valence-corrected chi connectivity index (χ0v) is 14.4. The molecule has 6 nitrogen and oxygen atoms in total. The third kappa shape index (κ3) is 4.81. The number of sulfonamides is 1. The Hall–Kier alpha value is -2.38. The maximum absolute atomic E-state index is 12.4. The van der Waals surface area contributed by atoms with Crippen molar-refractivity contribution in [2.45, 2.75) is 12.7 Å². The highest BCUT2D eigenvalue weighted by Crippen LogP contribution is 2.20. The number of rotatable bonds is 7. The van der Waals surface area contributed by atoms with Crippen molar-refractivity contribution in [1.29, 1.82) is 0 Å². The van der Waals surface area contributed by atoms with Gasteiger partial charge in [0.05, 0.1) is 17.9 Å². The average Bonchev–Trinajstić information content (AvgIpc) is 2.57. The summed E-state index contributed by atoms with van der Waals surface area (Å²) in [6.45, 7) is 2.32. The minimum atomic E-state index is -3.32. The molecule has 0 radical (unpaired) electrons. The number of carbonyl (C=O) groups excluding carboxylic acids is 1. The Balaban J connectivity index is 2.10. The lowest BCUT2D eigenvalue weighted by Crippen LogP contribution is -2.20. The van der Waals surface area contributed by atoms with Gasteiger partial charge in [-0.2, -0.15) is 0 Å². The molecular formula is C17H20N2O4S. The summed E-state index contributed by atoms with van der Waals surface area (Å²) in [5.41, 5.74) is 1.66. The molecule has 2 N–H and O–H groups in total. The van der Waals surface area contributed by atoms with E-state index < -0.39 is 10.0 Å². The molecule has 0 saturated carbocycles. The summed E-state index contributed by atoms with van der Waals surface area (Å²) in [5, 5.41) is 2.78. The normalized spacial score (nSPS) is 11.1. The summed E-state index contributed by atoms with van der Waals surface area (Å²) >= 11 is 0. The van der Waals surface area contributed by atoms with Crippen LogP contribution in [0.15, 0.2) is 48.5 Å². The van der Waals surface area contributed by atoms with Crippen molar-refractivity contribution in [3.05, 3.63) is 59.7 Å². The maximum Gasteiger partial charge on any atom is 0.259 e. The van der Waals surface area contributed by atoms with Gasteiger partial charge in [0, 0.05) is 5.69 Å². The largest absolute Gasteiger partial charge is 0.493 e. The van der Waals surface area contributed by atoms with Gasteiger partial charge in [-0.3, -0.25) is 4.79 Å². The molecule has 2 aromatic rings. The summed E-state index contributed by atoms with van der Waals surface area (Å²) in [6.07, 6.45) is 0. The van der Waals surface area contributed by atoms with E-state index in [0.717, 1.165) is 0 Å². The van der Waals surface area contributed by atoms with Crippen LogP contribution in [0.3, 0.4) is 0 Å².